The molecule has 330 valence electrons. The van der Waals surface area contributed by atoms with E-state index in [2.05, 4.69) is 61.1 Å². The first kappa shape index (κ1) is 43.0. The maximum Gasteiger partial charge on any atom is 0.293 e. The lowest BCUT2D eigenvalue weighted by Crippen LogP contribution is -2.46. The van der Waals surface area contributed by atoms with Gasteiger partial charge in [-0.05, 0) is 110 Å². The minimum Gasteiger partial charge on any atom is -0.456 e. The van der Waals surface area contributed by atoms with Crippen molar-refractivity contribution >= 4 is 44.3 Å². The van der Waals surface area contributed by atoms with E-state index in [4.69, 9.17) is 9.47 Å². The number of benzene rings is 4. The quantitative estimate of drug-likeness (QED) is 0.0768. The average molecular weight is 891 g/mol. The Hall–Kier alpha value is -5.32. The van der Waals surface area contributed by atoms with Crippen molar-refractivity contribution in [3.8, 4) is 21.9 Å². The van der Waals surface area contributed by atoms with Crippen LogP contribution in [0.25, 0.3) is 10.4 Å². The highest BCUT2D eigenvalue weighted by Crippen LogP contribution is 2.39. The minimum absolute atomic E-state index is 0.00501. The molecule has 13 nitrogen and oxygen atoms in total. The van der Waals surface area contributed by atoms with Crippen molar-refractivity contribution in [3.63, 3.8) is 0 Å². The smallest absolute Gasteiger partial charge is 0.293 e. The monoisotopic (exact) mass is 890 g/mol. The third-order valence-electron chi connectivity index (χ3n) is 13.0. The Morgan fingerprint density at radius 2 is 1.60 bits per heavy atom. The number of nitrogens with zero attached hydrogens (tertiary/aromatic N) is 4. The van der Waals surface area contributed by atoms with Crippen molar-refractivity contribution in [2.75, 3.05) is 56.2 Å². The van der Waals surface area contributed by atoms with Crippen LogP contribution in [0.15, 0.2) is 108 Å². The Morgan fingerprint density at radius 3 is 2.37 bits per heavy atom. The number of amides is 1. The van der Waals surface area contributed by atoms with E-state index in [0.717, 1.165) is 75.9 Å². The summed E-state index contributed by atoms with van der Waals surface area (Å²) in [6, 6.07) is 32.8. The summed E-state index contributed by atoms with van der Waals surface area (Å²) in [7, 11) is -4.51. The molecule has 2 N–H and O–H groups in total. The Kier molecular flexibility index (Phi) is 13.1. The van der Waals surface area contributed by atoms with Crippen LogP contribution in [-0.2, 0) is 27.8 Å². The van der Waals surface area contributed by atoms with Crippen LogP contribution in [-0.4, -0.2) is 87.1 Å². The number of hydrogen-bond acceptors (Lipinski definition) is 12. The van der Waals surface area contributed by atoms with E-state index in [9.17, 15) is 23.3 Å². The Labute approximate surface area is 373 Å². The van der Waals surface area contributed by atoms with Gasteiger partial charge in [-0.2, -0.15) is 0 Å². The van der Waals surface area contributed by atoms with Gasteiger partial charge in [0, 0.05) is 98.7 Å². The van der Waals surface area contributed by atoms with E-state index in [0.29, 0.717) is 25.5 Å². The number of thiophene rings is 1. The fourth-order valence-corrected chi connectivity index (χ4v) is 11.5. The molecular weight excluding hydrogens is 837 g/mol. The predicted molar refractivity (Wildman–Crippen MR) is 246 cm³/mol. The van der Waals surface area contributed by atoms with Crippen LogP contribution < -0.4 is 19.7 Å². The highest BCUT2D eigenvalue weighted by Gasteiger charge is 2.36. The number of nitro benzene ring substituents is 1. The molecule has 5 heterocycles. The molecule has 63 heavy (non-hydrogen) atoms. The standard InChI is InChI=1S/C48H54N6O7S2/c55-48(50-63(58,59)42-16-18-44(45(30-42)54(56)57)49-31-34-20-26-60-27-21-34)43-17-14-39(29-46(43)61-40-10-2-1-3-11-40)52-24-22-51(23-25-52)32-35-6-4-7-36(28-35)47-19-15-41(62-47)33-53-37-8-5-9-38(53)13-12-37/h1-4,6-7,10-11,14-19,28-30,34,37-38,49H,5,8-9,12-13,20-27,31-33H2,(H,50,55)/t37-,38+. The summed E-state index contributed by atoms with van der Waals surface area (Å²) in [6.45, 7) is 6.83. The highest BCUT2D eigenvalue weighted by molar-refractivity contribution is 7.90. The Morgan fingerprint density at radius 1 is 0.825 bits per heavy atom. The molecule has 2 atom stereocenters. The second-order valence-electron chi connectivity index (χ2n) is 17.1. The van der Waals surface area contributed by atoms with Gasteiger partial charge in [-0.25, -0.2) is 13.1 Å². The van der Waals surface area contributed by atoms with Gasteiger partial charge in [0.2, 0.25) is 0 Å². The molecule has 4 saturated heterocycles. The van der Waals surface area contributed by atoms with Crippen molar-refractivity contribution in [2.45, 2.75) is 75.0 Å². The van der Waals surface area contributed by atoms with E-state index in [-0.39, 0.29) is 22.9 Å². The summed E-state index contributed by atoms with van der Waals surface area (Å²) >= 11 is 1.92. The normalized spacial score (nSPS) is 19.8. The van der Waals surface area contributed by atoms with E-state index in [1.165, 1.54) is 65.1 Å². The van der Waals surface area contributed by atoms with E-state index >= 15 is 0 Å². The minimum atomic E-state index is -4.51. The molecule has 0 unspecified atom stereocenters. The molecule has 1 amide bonds. The summed E-state index contributed by atoms with van der Waals surface area (Å²) in [5.74, 6) is 0.0273. The van der Waals surface area contributed by atoms with Gasteiger partial charge >= 0.3 is 0 Å². The molecule has 4 fully saturated rings. The number of hydrogen-bond donors (Lipinski definition) is 2. The molecule has 1 aromatic heterocycles. The van der Waals surface area contributed by atoms with Crippen molar-refractivity contribution in [3.05, 3.63) is 129 Å². The molecule has 5 aromatic rings. The van der Waals surface area contributed by atoms with Crippen LogP contribution in [0, 0.1) is 16.0 Å². The summed E-state index contributed by atoms with van der Waals surface area (Å²) in [5.41, 5.74) is 3.20. The fourth-order valence-electron chi connectivity index (χ4n) is 9.54. The van der Waals surface area contributed by atoms with E-state index in [1.54, 1.807) is 30.3 Å². The number of sulfonamides is 1. The number of carbonyl (C=O) groups excluding carboxylic acids is 1. The average Bonchev–Trinajstić information content (AvgIpc) is 3.85. The van der Waals surface area contributed by atoms with Crippen molar-refractivity contribution in [2.24, 2.45) is 5.92 Å². The fraction of sp³-hybridized carbons (Fsp3) is 0.396. The summed E-state index contributed by atoms with van der Waals surface area (Å²) in [5, 5.41) is 15.1. The number of nitrogens with one attached hydrogen (secondary N) is 2. The van der Waals surface area contributed by atoms with E-state index < -0.39 is 31.4 Å². The molecule has 2 bridgehead atoms. The molecule has 0 spiro atoms. The zero-order valence-electron chi connectivity index (χ0n) is 35.3. The van der Waals surface area contributed by atoms with Crippen LogP contribution in [0.5, 0.6) is 11.5 Å². The van der Waals surface area contributed by atoms with Gasteiger partial charge in [0.1, 0.15) is 17.2 Å². The Balaban J connectivity index is 0.848. The maximum atomic E-state index is 13.8. The number of para-hydroxylation sites is 1. The molecule has 15 heteroatoms. The first-order valence-corrected chi connectivity index (χ1v) is 24.4. The summed E-state index contributed by atoms with van der Waals surface area (Å²) < 4.78 is 40.9. The van der Waals surface area contributed by atoms with Gasteiger partial charge in [-0.15, -0.1) is 11.3 Å². The first-order valence-electron chi connectivity index (χ1n) is 22.1. The van der Waals surface area contributed by atoms with Crippen LogP contribution in [0.3, 0.4) is 0 Å². The van der Waals surface area contributed by atoms with Crippen LogP contribution in [0.2, 0.25) is 0 Å². The van der Waals surface area contributed by atoms with Crippen LogP contribution in [0.4, 0.5) is 17.1 Å². The van der Waals surface area contributed by atoms with Gasteiger partial charge in [0.05, 0.1) is 15.4 Å². The number of rotatable bonds is 15. The molecule has 0 radical (unpaired) electrons. The number of nitro groups is 1. The number of anilines is 2. The molecule has 0 aliphatic carbocycles. The zero-order chi connectivity index (χ0) is 43.3. The molecule has 0 saturated carbocycles. The zero-order valence-corrected chi connectivity index (χ0v) is 37.0. The van der Waals surface area contributed by atoms with E-state index in [1.807, 2.05) is 29.5 Å². The molecular formula is C48H54N6O7S2. The molecule has 9 rings (SSSR count). The lowest BCUT2D eigenvalue weighted by Gasteiger charge is -2.36. The summed E-state index contributed by atoms with van der Waals surface area (Å²) in [4.78, 5) is 35.0. The van der Waals surface area contributed by atoms with Gasteiger partial charge in [0.15, 0.2) is 0 Å². The van der Waals surface area contributed by atoms with Crippen LogP contribution in [0.1, 0.15) is 65.7 Å². The third kappa shape index (κ3) is 10.2. The lowest BCUT2D eigenvalue weighted by molar-refractivity contribution is -0.384. The lowest BCUT2D eigenvalue weighted by atomic mass is 10.0. The Bertz CT molecular complexity index is 2510. The van der Waals surface area contributed by atoms with Crippen LogP contribution >= 0.6 is 11.3 Å². The van der Waals surface area contributed by atoms with Crippen molar-refractivity contribution in [1.29, 1.82) is 0 Å². The third-order valence-corrected chi connectivity index (χ3v) is 15.5. The number of piperidine rings is 1. The number of carbonyl (C=O) groups is 1. The molecule has 4 aliphatic rings. The van der Waals surface area contributed by atoms with Crippen molar-refractivity contribution < 1.29 is 27.6 Å². The summed E-state index contributed by atoms with van der Waals surface area (Å²) in [6.07, 6.45) is 8.45. The number of ether oxygens (including phenoxy) is 2. The molecule has 4 aromatic carbocycles. The first-order chi connectivity index (χ1) is 30.6. The van der Waals surface area contributed by atoms with Gasteiger partial charge < -0.3 is 19.7 Å². The number of fused-ring (bicyclic) bond motifs is 2. The molecule has 4 aliphatic heterocycles. The SMILES string of the molecule is O=C(NS(=O)(=O)c1ccc(NCC2CCOCC2)c([N+](=O)[O-])c1)c1ccc(N2CCN(Cc3cccc(-c4ccc(CN5[C@@H]6CCC[C@H]5CC6)s4)c3)CC2)cc1Oc1ccccc1. The van der Waals surface area contributed by atoms with Gasteiger partial charge in [-0.1, -0.05) is 42.8 Å². The predicted octanol–water partition coefficient (Wildman–Crippen LogP) is 8.91. The largest absolute Gasteiger partial charge is 0.456 e. The van der Waals surface area contributed by atoms with Gasteiger partial charge in [-0.3, -0.25) is 24.7 Å². The second-order valence-corrected chi connectivity index (χ2v) is 20.0. The number of piperazine rings is 1. The van der Waals surface area contributed by atoms with Crippen molar-refractivity contribution in [1.82, 2.24) is 14.5 Å². The topological polar surface area (TPSA) is 147 Å². The van der Waals surface area contributed by atoms with Gasteiger partial charge in [0.25, 0.3) is 21.6 Å². The maximum absolute atomic E-state index is 13.8. The second kappa shape index (κ2) is 19.2. The highest BCUT2D eigenvalue weighted by atomic mass is 32.2.